The quantitative estimate of drug-likeness (QED) is 0.615. The van der Waals surface area contributed by atoms with Crippen LogP contribution in [0.25, 0.3) is 11.4 Å². The molecule has 0 fully saturated rings. The molecule has 3 aromatic rings. The number of carbonyl (C=O) groups excluding carboxylic acids is 1. The van der Waals surface area contributed by atoms with Crippen molar-refractivity contribution < 1.29 is 13.2 Å². The fourth-order valence-electron chi connectivity index (χ4n) is 2.15. The number of sulfonamides is 1. The van der Waals surface area contributed by atoms with E-state index in [1.807, 2.05) is 5.38 Å². The van der Waals surface area contributed by atoms with Crippen molar-refractivity contribution in [1.82, 2.24) is 9.97 Å². The van der Waals surface area contributed by atoms with Gasteiger partial charge in [-0.25, -0.2) is 18.4 Å². The van der Waals surface area contributed by atoms with Gasteiger partial charge in [0.2, 0.25) is 10.0 Å². The maximum Gasteiger partial charge on any atom is 0.265 e. The highest BCUT2D eigenvalue weighted by Crippen LogP contribution is 2.26. The Morgan fingerprint density at radius 2 is 1.81 bits per heavy atom. The smallest absolute Gasteiger partial charge is 0.265 e. The van der Waals surface area contributed by atoms with Crippen molar-refractivity contribution in [1.29, 1.82) is 0 Å². The van der Waals surface area contributed by atoms with Crippen LogP contribution in [0.1, 0.15) is 9.67 Å². The van der Waals surface area contributed by atoms with Crippen molar-refractivity contribution in [3.8, 4) is 11.4 Å². The molecular weight excluding hydrogens is 440 g/mol. The average Bonchev–Trinajstić information content (AvgIpc) is 3.03. The molecule has 0 radical (unpaired) electrons. The number of halogens is 1. The van der Waals surface area contributed by atoms with E-state index >= 15 is 0 Å². The van der Waals surface area contributed by atoms with Gasteiger partial charge in [-0.2, -0.15) is 0 Å². The topological polar surface area (TPSA) is 101 Å². The van der Waals surface area contributed by atoms with Crippen LogP contribution < -0.4 is 10.0 Å². The van der Waals surface area contributed by atoms with Gasteiger partial charge < -0.3 is 5.32 Å². The zero-order valence-corrected chi connectivity index (χ0v) is 16.7. The fourth-order valence-corrected chi connectivity index (χ4v) is 3.97. The first-order valence-corrected chi connectivity index (χ1v) is 10.8. The maximum absolute atomic E-state index is 12.5. The number of hydrogen-bond donors (Lipinski definition) is 2. The Labute approximate surface area is 162 Å². The van der Waals surface area contributed by atoms with Crippen molar-refractivity contribution >= 4 is 54.6 Å². The Bertz CT molecular complexity index is 1050. The van der Waals surface area contributed by atoms with Gasteiger partial charge in [0.25, 0.3) is 5.91 Å². The number of anilines is 2. The number of rotatable bonds is 5. The van der Waals surface area contributed by atoms with Crippen LogP contribution in [0, 0.1) is 0 Å². The molecular formula is C16H13BrN4O3S2. The molecule has 1 amide bonds. The van der Waals surface area contributed by atoms with E-state index in [2.05, 4.69) is 35.9 Å². The summed E-state index contributed by atoms with van der Waals surface area (Å²) in [5.41, 5.74) is 1.57. The van der Waals surface area contributed by atoms with E-state index < -0.39 is 10.0 Å². The van der Waals surface area contributed by atoms with Crippen molar-refractivity contribution in [2.75, 3.05) is 16.3 Å². The van der Waals surface area contributed by atoms with Gasteiger partial charge in [0, 0.05) is 33.5 Å². The zero-order valence-electron chi connectivity index (χ0n) is 13.4. The maximum atomic E-state index is 12.5. The Morgan fingerprint density at radius 1 is 1.12 bits per heavy atom. The Kier molecular flexibility index (Phi) is 5.35. The summed E-state index contributed by atoms with van der Waals surface area (Å²) < 4.78 is 25.8. The minimum Gasteiger partial charge on any atom is -0.321 e. The predicted octanol–water partition coefficient (Wildman–Crippen LogP) is 3.59. The molecule has 26 heavy (non-hydrogen) atoms. The summed E-state index contributed by atoms with van der Waals surface area (Å²) in [4.78, 5) is 21.3. The molecule has 0 spiro atoms. The largest absolute Gasteiger partial charge is 0.321 e. The summed E-state index contributed by atoms with van der Waals surface area (Å²) in [5.74, 6) is 0.241. The summed E-state index contributed by atoms with van der Waals surface area (Å²) in [7, 11) is -3.41. The molecule has 0 saturated carbocycles. The van der Waals surface area contributed by atoms with Gasteiger partial charge in [-0.15, -0.1) is 11.3 Å². The summed E-state index contributed by atoms with van der Waals surface area (Å²) in [6.07, 6.45) is 4.33. The predicted molar refractivity (Wildman–Crippen MR) is 106 cm³/mol. The highest BCUT2D eigenvalue weighted by Gasteiger charge is 2.13. The van der Waals surface area contributed by atoms with Crippen LogP contribution in [0.3, 0.4) is 0 Å². The lowest BCUT2D eigenvalue weighted by Crippen LogP contribution is -2.12. The highest BCUT2D eigenvalue weighted by molar-refractivity contribution is 9.10. The molecule has 1 aromatic carbocycles. The van der Waals surface area contributed by atoms with Gasteiger partial charge in [-0.3, -0.25) is 9.52 Å². The minimum absolute atomic E-state index is 0.305. The van der Waals surface area contributed by atoms with Crippen LogP contribution in [0.4, 0.5) is 11.4 Å². The van der Waals surface area contributed by atoms with Gasteiger partial charge >= 0.3 is 0 Å². The molecule has 2 heterocycles. The molecule has 0 saturated heterocycles. The molecule has 2 N–H and O–H groups in total. The van der Waals surface area contributed by atoms with Gasteiger partial charge in [0.1, 0.15) is 0 Å². The number of amides is 1. The molecule has 10 heteroatoms. The molecule has 0 aliphatic rings. The van der Waals surface area contributed by atoms with E-state index in [0.717, 1.165) is 11.8 Å². The van der Waals surface area contributed by atoms with Crippen LogP contribution in [-0.4, -0.2) is 30.5 Å². The summed E-state index contributed by atoms with van der Waals surface area (Å²) in [6.45, 7) is 0. The molecule has 0 unspecified atom stereocenters. The van der Waals surface area contributed by atoms with E-state index in [1.54, 1.807) is 42.7 Å². The molecule has 0 aliphatic carbocycles. The lowest BCUT2D eigenvalue weighted by Gasteiger charge is -2.09. The van der Waals surface area contributed by atoms with Crippen LogP contribution in [-0.2, 0) is 10.0 Å². The normalized spacial score (nSPS) is 11.2. The third-order valence-corrected chi connectivity index (χ3v) is 5.10. The molecule has 134 valence electrons. The highest BCUT2D eigenvalue weighted by atomic mass is 79.9. The number of benzene rings is 1. The number of aromatic nitrogens is 2. The van der Waals surface area contributed by atoms with Crippen molar-refractivity contribution in [3.63, 3.8) is 0 Å². The number of nitrogens with zero attached hydrogens (tertiary/aromatic N) is 2. The molecule has 0 aliphatic heterocycles. The standard InChI is InChI=1S/C16H13BrN4O3S2/c1-26(23,24)21-13-7-11(17)6-12(8-13)20-16(22)14-5-10(9-25-14)15-18-3-2-4-19-15/h2-9,21H,1H3,(H,20,22). The van der Waals surface area contributed by atoms with E-state index in [-0.39, 0.29) is 5.91 Å². The second-order valence-electron chi connectivity index (χ2n) is 5.33. The first kappa shape index (κ1) is 18.5. The number of thiophene rings is 1. The fraction of sp³-hybridized carbons (Fsp3) is 0.0625. The van der Waals surface area contributed by atoms with Crippen molar-refractivity contribution in [2.24, 2.45) is 0 Å². The van der Waals surface area contributed by atoms with Crippen molar-refractivity contribution in [2.45, 2.75) is 0 Å². The lowest BCUT2D eigenvalue weighted by atomic mass is 10.2. The molecule has 7 nitrogen and oxygen atoms in total. The summed E-state index contributed by atoms with van der Waals surface area (Å²) in [5, 5.41) is 4.56. The van der Waals surface area contributed by atoms with Crippen LogP contribution in [0.15, 0.2) is 52.6 Å². The lowest BCUT2D eigenvalue weighted by molar-refractivity contribution is 0.103. The molecule has 0 atom stereocenters. The number of carbonyl (C=O) groups is 1. The zero-order chi connectivity index (χ0) is 18.7. The second kappa shape index (κ2) is 7.52. The Morgan fingerprint density at radius 3 is 2.50 bits per heavy atom. The van der Waals surface area contributed by atoms with Crippen molar-refractivity contribution in [3.05, 3.63) is 57.5 Å². The van der Waals surface area contributed by atoms with E-state index in [0.29, 0.717) is 26.5 Å². The Hall–Kier alpha value is -2.30. The molecule has 2 aromatic heterocycles. The van der Waals surface area contributed by atoms with E-state index in [4.69, 9.17) is 0 Å². The van der Waals surface area contributed by atoms with Crippen LogP contribution in [0.2, 0.25) is 0 Å². The van der Waals surface area contributed by atoms with Gasteiger partial charge in [0.05, 0.1) is 16.8 Å². The van der Waals surface area contributed by atoms with E-state index in [9.17, 15) is 13.2 Å². The molecule has 0 bridgehead atoms. The second-order valence-corrected chi connectivity index (χ2v) is 8.90. The SMILES string of the molecule is CS(=O)(=O)Nc1cc(Br)cc(NC(=O)c2cc(-c3ncccn3)cs2)c1. The first-order chi connectivity index (χ1) is 12.3. The van der Waals surface area contributed by atoms with Gasteiger partial charge in [-0.1, -0.05) is 15.9 Å². The van der Waals surface area contributed by atoms with Gasteiger partial charge in [-0.05, 0) is 30.3 Å². The number of nitrogens with one attached hydrogen (secondary N) is 2. The molecule has 3 rings (SSSR count). The van der Waals surface area contributed by atoms with E-state index in [1.165, 1.54) is 11.3 Å². The summed E-state index contributed by atoms with van der Waals surface area (Å²) in [6, 6.07) is 8.26. The minimum atomic E-state index is -3.41. The van der Waals surface area contributed by atoms with Crippen LogP contribution >= 0.6 is 27.3 Å². The third-order valence-electron chi connectivity index (χ3n) is 3.11. The first-order valence-electron chi connectivity index (χ1n) is 7.26. The monoisotopic (exact) mass is 452 g/mol. The van der Waals surface area contributed by atoms with Gasteiger partial charge in [0.15, 0.2) is 5.82 Å². The number of hydrogen-bond acceptors (Lipinski definition) is 6. The Balaban J connectivity index is 1.79. The summed E-state index contributed by atoms with van der Waals surface area (Å²) >= 11 is 4.58. The third kappa shape index (κ3) is 4.87. The average molecular weight is 453 g/mol. The van der Waals surface area contributed by atoms with Crippen LogP contribution in [0.5, 0.6) is 0 Å².